The van der Waals surface area contributed by atoms with Crippen LogP contribution in [-0.2, 0) is 35.7 Å². The van der Waals surface area contributed by atoms with E-state index < -0.39 is 5.97 Å². The van der Waals surface area contributed by atoms with Gasteiger partial charge in [0.05, 0.1) is 18.2 Å². The zero-order valence-electron chi connectivity index (χ0n) is 27.8. The molecule has 50 heavy (non-hydrogen) atoms. The number of hydrogen-bond acceptors (Lipinski definition) is 7. The Morgan fingerprint density at radius 3 is 2.02 bits per heavy atom. The number of hydrogen-bond donors (Lipinski definition) is 1. The monoisotopic (exact) mass is 663 g/mol. The molecule has 250 valence electrons. The Labute approximate surface area is 291 Å². The summed E-state index contributed by atoms with van der Waals surface area (Å²) >= 11 is 0. The first-order valence-corrected chi connectivity index (χ1v) is 16.7. The van der Waals surface area contributed by atoms with Gasteiger partial charge in [0.2, 0.25) is 0 Å². The van der Waals surface area contributed by atoms with E-state index in [4.69, 9.17) is 18.9 Å². The minimum absolute atomic E-state index is 0.166. The fourth-order valence-electron chi connectivity index (χ4n) is 6.41. The van der Waals surface area contributed by atoms with Crippen LogP contribution >= 0.6 is 0 Å². The van der Waals surface area contributed by atoms with Gasteiger partial charge in [-0.05, 0) is 57.6 Å². The largest absolute Gasteiger partial charge is 0.488 e. The molecule has 1 aliphatic heterocycles. The maximum absolute atomic E-state index is 13.4. The molecule has 0 fully saturated rings. The molecule has 0 aliphatic carbocycles. The van der Waals surface area contributed by atoms with Crippen molar-refractivity contribution in [3.8, 4) is 22.6 Å². The number of rotatable bonds is 11. The van der Waals surface area contributed by atoms with Crippen molar-refractivity contribution in [2.24, 2.45) is 0 Å². The van der Waals surface area contributed by atoms with E-state index in [1.807, 2.05) is 115 Å². The zero-order valence-corrected chi connectivity index (χ0v) is 27.8. The summed E-state index contributed by atoms with van der Waals surface area (Å²) in [6, 6.07) is 42.7. The summed E-state index contributed by atoms with van der Waals surface area (Å²) in [5, 5.41) is 5.43. The van der Waals surface area contributed by atoms with Gasteiger partial charge in [-0.25, -0.2) is 9.59 Å². The minimum atomic E-state index is -0.402. The lowest BCUT2D eigenvalue weighted by Crippen LogP contribution is -2.40. The van der Waals surface area contributed by atoms with Gasteiger partial charge in [0.1, 0.15) is 31.3 Å². The molecule has 1 aliphatic rings. The molecule has 0 spiro atoms. The van der Waals surface area contributed by atoms with Crippen molar-refractivity contribution in [2.75, 3.05) is 13.7 Å². The number of ether oxygens (including phenoxy) is 4. The molecule has 1 atom stereocenters. The van der Waals surface area contributed by atoms with Crippen LogP contribution in [0.3, 0.4) is 0 Å². The molecule has 0 saturated carbocycles. The summed E-state index contributed by atoms with van der Waals surface area (Å²) in [6.45, 7) is 1.43. The van der Waals surface area contributed by atoms with Gasteiger partial charge in [-0.3, -0.25) is 0 Å². The van der Waals surface area contributed by atoms with Crippen LogP contribution in [0.25, 0.3) is 21.9 Å². The Hall–Kier alpha value is -5.92. The minimum Gasteiger partial charge on any atom is -0.488 e. The lowest BCUT2D eigenvalue weighted by Gasteiger charge is -2.31. The SMILES string of the molecule is COC(=O)c1ccc(-c2c(OCc3ccccc3)cc(OCc3ccccc3)c3c2CC(COC(=O)c2cccc4ccccc24)NC3)cc1. The number of esters is 2. The first-order valence-electron chi connectivity index (χ1n) is 16.7. The molecule has 0 aromatic heterocycles. The van der Waals surface area contributed by atoms with Crippen LogP contribution in [0, 0.1) is 0 Å². The third-order valence-corrected chi connectivity index (χ3v) is 8.98. The molecule has 6 aromatic rings. The highest BCUT2D eigenvalue weighted by atomic mass is 16.5. The second-order valence-electron chi connectivity index (χ2n) is 12.2. The lowest BCUT2D eigenvalue weighted by molar-refractivity contribution is 0.0462. The summed E-state index contributed by atoms with van der Waals surface area (Å²) in [7, 11) is 1.37. The number of nitrogens with one attached hydrogen (secondary N) is 1. The van der Waals surface area contributed by atoms with Crippen LogP contribution in [-0.4, -0.2) is 31.7 Å². The molecule has 7 nitrogen and oxygen atoms in total. The number of benzene rings is 6. The number of carbonyl (C=O) groups is 2. The molecule has 6 aromatic carbocycles. The molecule has 1 unspecified atom stereocenters. The molecule has 7 heteroatoms. The highest BCUT2D eigenvalue weighted by Crippen LogP contribution is 2.43. The van der Waals surface area contributed by atoms with Crippen LogP contribution in [0.4, 0.5) is 0 Å². The number of methoxy groups -OCH3 is 1. The molecule has 0 amide bonds. The van der Waals surface area contributed by atoms with Crippen LogP contribution in [0.2, 0.25) is 0 Å². The van der Waals surface area contributed by atoms with E-state index in [2.05, 4.69) is 5.32 Å². The normalized spacial score (nSPS) is 13.7. The van der Waals surface area contributed by atoms with Gasteiger partial charge >= 0.3 is 11.9 Å². The van der Waals surface area contributed by atoms with Crippen molar-refractivity contribution in [2.45, 2.75) is 32.2 Å². The lowest BCUT2D eigenvalue weighted by atomic mass is 9.87. The zero-order chi connectivity index (χ0) is 34.3. The summed E-state index contributed by atoms with van der Waals surface area (Å²) in [4.78, 5) is 25.7. The van der Waals surface area contributed by atoms with Gasteiger partial charge in [-0.2, -0.15) is 0 Å². The van der Waals surface area contributed by atoms with Crippen molar-refractivity contribution < 1.29 is 28.5 Å². The van der Waals surface area contributed by atoms with E-state index in [-0.39, 0.29) is 18.6 Å². The third-order valence-electron chi connectivity index (χ3n) is 8.98. The molecule has 0 saturated heterocycles. The van der Waals surface area contributed by atoms with Gasteiger partial charge in [0, 0.05) is 29.8 Å². The van der Waals surface area contributed by atoms with E-state index in [0.29, 0.717) is 43.1 Å². The Balaban J connectivity index is 1.24. The second kappa shape index (κ2) is 15.1. The maximum atomic E-state index is 13.4. The van der Waals surface area contributed by atoms with E-state index in [9.17, 15) is 9.59 Å². The van der Waals surface area contributed by atoms with Gasteiger partial charge < -0.3 is 24.3 Å². The predicted molar refractivity (Wildman–Crippen MR) is 193 cm³/mol. The fourth-order valence-corrected chi connectivity index (χ4v) is 6.41. The van der Waals surface area contributed by atoms with E-state index >= 15 is 0 Å². The molecular formula is C43H37NO6. The highest BCUT2D eigenvalue weighted by molar-refractivity contribution is 6.04. The van der Waals surface area contributed by atoms with Crippen molar-refractivity contribution >= 4 is 22.7 Å². The predicted octanol–water partition coefficient (Wildman–Crippen LogP) is 8.32. The molecule has 0 bridgehead atoms. The van der Waals surface area contributed by atoms with Crippen LogP contribution in [0.15, 0.2) is 133 Å². The van der Waals surface area contributed by atoms with E-state index in [0.717, 1.165) is 49.9 Å². The Kier molecular flexibility index (Phi) is 9.85. The van der Waals surface area contributed by atoms with Crippen molar-refractivity contribution in [3.05, 3.63) is 167 Å². The molecule has 1 heterocycles. The summed E-state index contributed by atoms with van der Waals surface area (Å²) < 4.78 is 24.0. The Bertz CT molecular complexity index is 2110. The Morgan fingerprint density at radius 1 is 0.680 bits per heavy atom. The quantitative estimate of drug-likeness (QED) is 0.140. The van der Waals surface area contributed by atoms with Gasteiger partial charge in [0.25, 0.3) is 0 Å². The molecule has 0 radical (unpaired) electrons. The standard InChI is InChI=1S/C43H37NO6/c1-47-42(45)33-21-19-32(20-22-33)41-37-23-34(28-50-43(46)36-18-10-16-31-15-8-9-17-35(31)36)44-25-38(37)39(48-26-29-11-4-2-5-12-29)24-40(41)49-27-30-13-6-3-7-14-30/h2-22,24,34,44H,23,25-28H2,1H3. The van der Waals surface area contributed by atoms with Crippen LogP contribution < -0.4 is 14.8 Å². The van der Waals surface area contributed by atoms with Crippen molar-refractivity contribution in [1.82, 2.24) is 5.32 Å². The first-order chi connectivity index (χ1) is 24.6. The molecule has 7 rings (SSSR count). The topological polar surface area (TPSA) is 83.1 Å². The number of carbonyl (C=O) groups excluding carboxylic acids is 2. The third kappa shape index (κ3) is 7.23. The van der Waals surface area contributed by atoms with E-state index in [1.165, 1.54) is 7.11 Å². The molecular weight excluding hydrogens is 626 g/mol. The van der Waals surface area contributed by atoms with Gasteiger partial charge in [-0.1, -0.05) is 109 Å². The number of fused-ring (bicyclic) bond motifs is 2. The van der Waals surface area contributed by atoms with Crippen molar-refractivity contribution in [1.29, 1.82) is 0 Å². The highest BCUT2D eigenvalue weighted by Gasteiger charge is 2.29. The molecule has 1 N–H and O–H groups in total. The average Bonchev–Trinajstić information content (AvgIpc) is 3.18. The van der Waals surface area contributed by atoms with Gasteiger partial charge in [0.15, 0.2) is 0 Å². The van der Waals surface area contributed by atoms with Crippen LogP contribution in [0.5, 0.6) is 11.5 Å². The summed E-state index contributed by atoms with van der Waals surface area (Å²) in [6.07, 6.45) is 0.552. The van der Waals surface area contributed by atoms with Gasteiger partial charge in [-0.15, -0.1) is 0 Å². The van der Waals surface area contributed by atoms with E-state index in [1.54, 1.807) is 18.2 Å². The van der Waals surface area contributed by atoms with Crippen LogP contribution in [0.1, 0.15) is 43.0 Å². The second-order valence-corrected chi connectivity index (χ2v) is 12.2. The first kappa shape index (κ1) is 32.6. The maximum Gasteiger partial charge on any atom is 0.338 e. The summed E-state index contributed by atoms with van der Waals surface area (Å²) in [5.41, 5.74) is 6.93. The average molecular weight is 664 g/mol. The van der Waals surface area contributed by atoms with Crippen molar-refractivity contribution in [3.63, 3.8) is 0 Å². The fraction of sp³-hybridized carbons (Fsp3) is 0.163. The Morgan fingerprint density at radius 2 is 1.32 bits per heavy atom. The smallest absolute Gasteiger partial charge is 0.338 e. The summed E-state index contributed by atoms with van der Waals surface area (Å²) in [5.74, 6) is 0.622.